The first-order chi connectivity index (χ1) is 7.69. The normalized spacial score (nSPS) is 9.88. The summed E-state index contributed by atoms with van der Waals surface area (Å²) in [5, 5.41) is 12.4. The number of ether oxygens (including phenoxy) is 1. The van der Waals surface area contributed by atoms with E-state index < -0.39 is 0 Å². The van der Waals surface area contributed by atoms with Crippen molar-refractivity contribution in [1.29, 1.82) is 0 Å². The van der Waals surface area contributed by atoms with Crippen molar-refractivity contribution in [3.63, 3.8) is 0 Å². The first-order valence-electron chi connectivity index (χ1n) is 4.86. The molecule has 0 aromatic heterocycles. The van der Waals surface area contributed by atoms with E-state index in [-0.39, 0.29) is 17.5 Å². The Morgan fingerprint density at radius 1 is 1.56 bits per heavy atom. The lowest BCUT2D eigenvalue weighted by Crippen LogP contribution is -2.26. The van der Waals surface area contributed by atoms with Crippen LogP contribution in [0.5, 0.6) is 11.5 Å². The second-order valence-corrected chi connectivity index (χ2v) is 3.47. The quantitative estimate of drug-likeness (QED) is 0.767. The van der Waals surface area contributed by atoms with Gasteiger partial charge in [0.25, 0.3) is 0 Å². The van der Waals surface area contributed by atoms with Crippen LogP contribution in [0.3, 0.4) is 0 Å². The Hall–Kier alpha value is -1.42. The molecule has 0 fully saturated rings. The molecule has 0 unspecified atom stereocenters. The zero-order valence-corrected chi connectivity index (χ0v) is 9.75. The van der Waals surface area contributed by atoms with Crippen molar-refractivity contribution in [3.8, 4) is 11.5 Å². The van der Waals surface area contributed by atoms with Crippen LogP contribution in [-0.4, -0.2) is 30.5 Å². The fourth-order valence-electron chi connectivity index (χ4n) is 1.32. The van der Waals surface area contributed by atoms with Gasteiger partial charge in [-0.15, -0.1) is 11.6 Å². The Morgan fingerprint density at radius 3 is 2.94 bits per heavy atom. The molecule has 0 aliphatic heterocycles. The summed E-state index contributed by atoms with van der Waals surface area (Å²) in [4.78, 5) is 10.9. The Balaban J connectivity index is 2.57. The molecular formula is C11H14ClNO3. The van der Waals surface area contributed by atoms with Gasteiger partial charge < -0.3 is 15.2 Å². The number of phenolic OH excluding ortho intramolecular Hbond substituents is 1. The zero-order valence-electron chi connectivity index (χ0n) is 9.00. The third-order valence-corrected chi connectivity index (χ3v) is 2.38. The van der Waals surface area contributed by atoms with E-state index in [1.807, 2.05) is 0 Å². The summed E-state index contributed by atoms with van der Waals surface area (Å²) in [5.41, 5.74) is 0.731. The number of carbonyl (C=O) groups excluding carboxylic acids is 1. The number of benzene rings is 1. The van der Waals surface area contributed by atoms with Gasteiger partial charge in [0.2, 0.25) is 5.91 Å². The molecule has 0 spiro atoms. The Labute approximate surface area is 99.2 Å². The number of nitrogens with one attached hydrogen (secondary N) is 1. The lowest BCUT2D eigenvalue weighted by atomic mass is 10.1. The number of carbonyl (C=O) groups is 1. The summed E-state index contributed by atoms with van der Waals surface area (Å²) in [7, 11) is 1.49. The van der Waals surface area contributed by atoms with Crippen LogP contribution >= 0.6 is 11.6 Å². The van der Waals surface area contributed by atoms with Crippen LogP contribution in [0, 0.1) is 0 Å². The molecule has 4 nitrogen and oxygen atoms in total. The number of para-hydroxylation sites is 1. The number of methoxy groups -OCH3 is 1. The van der Waals surface area contributed by atoms with Crippen LogP contribution in [0.1, 0.15) is 5.56 Å². The number of amides is 1. The monoisotopic (exact) mass is 243 g/mol. The highest BCUT2D eigenvalue weighted by molar-refractivity contribution is 6.27. The van der Waals surface area contributed by atoms with Gasteiger partial charge >= 0.3 is 0 Å². The van der Waals surface area contributed by atoms with E-state index >= 15 is 0 Å². The summed E-state index contributed by atoms with van der Waals surface area (Å²) >= 11 is 5.33. The zero-order chi connectivity index (χ0) is 12.0. The molecule has 0 radical (unpaired) electrons. The van der Waals surface area contributed by atoms with Crippen LogP contribution < -0.4 is 10.1 Å². The maximum absolute atomic E-state index is 10.9. The average molecular weight is 244 g/mol. The molecule has 0 atom stereocenters. The number of alkyl halides is 1. The second-order valence-electron chi connectivity index (χ2n) is 3.20. The molecule has 0 saturated heterocycles. The summed E-state index contributed by atoms with van der Waals surface area (Å²) in [5.74, 6) is 0.278. The second kappa shape index (κ2) is 6.23. The van der Waals surface area contributed by atoms with Gasteiger partial charge in [-0.1, -0.05) is 12.1 Å². The molecule has 5 heteroatoms. The van der Waals surface area contributed by atoms with Crippen LogP contribution in [-0.2, 0) is 11.2 Å². The predicted octanol–water partition coefficient (Wildman–Crippen LogP) is 1.30. The molecule has 16 heavy (non-hydrogen) atoms. The third-order valence-electron chi connectivity index (χ3n) is 2.14. The van der Waals surface area contributed by atoms with Crippen molar-refractivity contribution in [2.45, 2.75) is 6.42 Å². The standard InChI is InChI=1S/C11H14ClNO3/c1-16-9-4-2-3-8(11(9)15)5-6-13-10(14)7-12/h2-4,15H,5-7H2,1H3,(H,13,14). The van der Waals surface area contributed by atoms with E-state index in [2.05, 4.69) is 5.32 Å². The lowest BCUT2D eigenvalue weighted by Gasteiger charge is -2.08. The maximum Gasteiger partial charge on any atom is 0.234 e. The van der Waals surface area contributed by atoms with E-state index in [1.54, 1.807) is 18.2 Å². The first-order valence-corrected chi connectivity index (χ1v) is 5.40. The maximum atomic E-state index is 10.9. The summed E-state index contributed by atoms with van der Waals surface area (Å²) in [6.07, 6.45) is 0.533. The number of rotatable bonds is 5. The van der Waals surface area contributed by atoms with E-state index in [9.17, 15) is 9.90 Å². The molecule has 88 valence electrons. The number of phenols is 1. The van der Waals surface area contributed by atoms with Crippen LogP contribution in [0.2, 0.25) is 0 Å². The Bertz CT molecular complexity index is 368. The SMILES string of the molecule is COc1cccc(CCNC(=O)CCl)c1O. The van der Waals surface area contributed by atoms with Gasteiger partial charge in [0.05, 0.1) is 7.11 Å². The van der Waals surface area contributed by atoms with Gasteiger partial charge in [0.15, 0.2) is 11.5 Å². The van der Waals surface area contributed by atoms with Crippen LogP contribution in [0.25, 0.3) is 0 Å². The van der Waals surface area contributed by atoms with E-state index in [4.69, 9.17) is 16.3 Å². The highest BCUT2D eigenvalue weighted by atomic mass is 35.5. The average Bonchev–Trinajstić information content (AvgIpc) is 2.31. The molecule has 0 saturated carbocycles. The van der Waals surface area contributed by atoms with Gasteiger partial charge in [-0.2, -0.15) is 0 Å². The molecule has 0 aliphatic carbocycles. The molecule has 0 bridgehead atoms. The van der Waals surface area contributed by atoms with Crippen molar-refractivity contribution >= 4 is 17.5 Å². The van der Waals surface area contributed by atoms with Crippen molar-refractivity contribution in [2.75, 3.05) is 19.5 Å². The Kier molecular flexibility index (Phi) is 4.92. The van der Waals surface area contributed by atoms with Crippen LogP contribution in [0.15, 0.2) is 18.2 Å². The molecular weight excluding hydrogens is 230 g/mol. The number of hydrogen-bond donors (Lipinski definition) is 2. The molecule has 0 heterocycles. The minimum Gasteiger partial charge on any atom is -0.504 e. The van der Waals surface area contributed by atoms with Gasteiger partial charge in [-0.3, -0.25) is 4.79 Å². The summed E-state index contributed by atoms with van der Waals surface area (Å²) in [6.45, 7) is 0.437. The van der Waals surface area contributed by atoms with Crippen molar-refractivity contribution in [2.24, 2.45) is 0 Å². The highest BCUT2D eigenvalue weighted by Gasteiger charge is 2.07. The molecule has 0 aliphatic rings. The number of halogens is 1. The van der Waals surface area contributed by atoms with E-state index in [0.717, 1.165) is 5.56 Å². The lowest BCUT2D eigenvalue weighted by molar-refractivity contribution is -0.118. The molecule has 1 aromatic carbocycles. The van der Waals surface area contributed by atoms with Gasteiger partial charge in [0, 0.05) is 6.54 Å². The number of aromatic hydroxyl groups is 1. The fourth-order valence-corrected chi connectivity index (χ4v) is 1.41. The topological polar surface area (TPSA) is 58.6 Å². The van der Waals surface area contributed by atoms with Crippen molar-refractivity contribution < 1.29 is 14.6 Å². The van der Waals surface area contributed by atoms with Crippen molar-refractivity contribution in [3.05, 3.63) is 23.8 Å². The molecule has 1 aromatic rings. The minimum atomic E-state index is -0.218. The number of hydrogen-bond acceptors (Lipinski definition) is 3. The van der Waals surface area contributed by atoms with Crippen molar-refractivity contribution in [1.82, 2.24) is 5.32 Å². The fraction of sp³-hybridized carbons (Fsp3) is 0.364. The van der Waals surface area contributed by atoms with Gasteiger partial charge in [0.1, 0.15) is 5.88 Å². The molecule has 1 amide bonds. The summed E-state index contributed by atoms with van der Waals surface area (Å²) in [6, 6.07) is 5.25. The largest absolute Gasteiger partial charge is 0.504 e. The van der Waals surface area contributed by atoms with E-state index in [1.165, 1.54) is 7.11 Å². The van der Waals surface area contributed by atoms with E-state index in [0.29, 0.717) is 18.7 Å². The van der Waals surface area contributed by atoms with Crippen LogP contribution in [0.4, 0.5) is 0 Å². The Morgan fingerprint density at radius 2 is 2.31 bits per heavy atom. The van der Waals surface area contributed by atoms with Gasteiger partial charge in [-0.05, 0) is 18.1 Å². The van der Waals surface area contributed by atoms with Gasteiger partial charge in [-0.25, -0.2) is 0 Å². The highest BCUT2D eigenvalue weighted by Crippen LogP contribution is 2.29. The molecule has 1 rings (SSSR count). The molecule has 2 N–H and O–H groups in total. The summed E-state index contributed by atoms with van der Waals surface area (Å²) < 4.78 is 4.98. The smallest absolute Gasteiger partial charge is 0.234 e. The first kappa shape index (κ1) is 12.6. The minimum absolute atomic E-state index is 0.0515. The predicted molar refractivity (Wildman–Crippen MR) is 62.1 cm³/mol. The third kappa shape index (κ3) is 3.31.